The average Bonchev–Trinajstić information content (AvgIpc) is 2.89. The number of carbonyl (C=O) groups excluding carboxylic acids is 1. The van der Waals surface area contributed by atoms with Crippen molar-refractivity contribution in [3.05, 3.63) is 78.5 Å². The number of ether oxygens (including phenoxy) is 1. The zero-order valence-corrected chi connectivity index (χ0v) is 19.5. The van der Waals surface area contributed by atoms with Gasteiger partial charge in [-0.3, -0.25) is 9.69 Å². The fourth-order valence-electron chi connectivity index (χ4n) is 4.48. The zero-order chi connectivity index (χ0) is 24.2. The van der Waals surface area contributed by atoms with Crippen molar-refractivity contribution in [3.63, 3.8) is 0 Å². The van der Waals surface area contributed by atoms with Crippen LogP contribution in [0.4, 0.5) is 5.82 Å². The second kappa shape index (κ2) is 10.1. The molecule has 0 radical (unpaired) electrons. The molecule has 0 bridgehead atoms. The molecule has 1 aliphatic heterocycles. The van der Waals surface area contributed by atoms with Gasteiger partial charge in [0.15, 0.2) is 0 Å². The van der Waals surface area contributed by atoms with Gasteiger partial charge in [-0.2, -0.15) is 0 Å². The normalized spacial score (nSPS) is 16.7. The van der Waals surface area contributed by atoms with Crippen molar-refractivity contribution in [3.8, 4) is 11.3 Å². The summed E-state index contributed by atoms with van der Waals surface area (Å²) in [6, 6.07) is 15.7. The second-order valence-corrected chi connectivity index (χ2v) is 8.60. The molecule has 2 aromatic heterocycles. The number of nitrogens with zero attached hydrogens (tertiary/aromatic N) is 6. The van der Waals surface area contributed by atoms with Crippen LogP contribution in [-0.4, -0.2) is 68.5 Å². The van der Waals surface area contributed by atoms with Crippen molar-refractivity contribution in [2.45, 2.75) is 19.1 Å². The SMILES string of the molecule is COCC1C(=O)N(Cc2ccc3c(N)ncnc3c2)CCN1Cc1ccc(-c2ccncn2)cc1. The Morgan fingerprint density at radius 1 is 0.971 bits per heavy atom. The minimum atomic E-state index is -0.339. The van der Waals surface area contributed by atoms with E-state index in [-0.39, 0.29) is 11.9 Å². The van der Waals surface area contributed by atoms with E-state index >= 15 is 0 Å². The van der Waals surface area contributed by atoms with Gasteiger partial charge in [0, 0.05) is 50.4 Å². The van der Waals surface area contributed by atoms with Gasteiger partial charge in [-0.15, -0.1) is 0 Å². The fourth-order valence-corrected chi connectivity index (χ4v) is 4.48. The van der Waals surface area contributed by atoms with E-state index in [1.54, 1.807) is 19.6 Å². The standard InChI is InChI=1S/C26H27N7O2/c1-35-15-24-26(34)33(14-19-4-7-21-23(12-19)30-17-31-25(21)27)11-10-32(24)13-18-2-5-20(6-3-18)22-8-9-28-16-29-22/h2-9,12,16-17,24H,10-11,13-15H2,1H3,(H2,27,30,31). The van der Waals surface area contributed by atoms with Crippen LogP contribution in [0.25, 0.3) is 22.2 Å². The van der Waals surface area contributed by atoms with Crippen LogP contribution in [0.3, 0.4) is 0 Å². The Bertz CT molecular complexity index is 1310. The van der Waals surface area contributed by atoms with Gasteiger partial charge in [-0.1, -0.05) is 30.3 Å². The summed E-state index contributed by atoms with van der Waals surface area (Å²) in [5, 5.41) is 0.815. The van der Waals surface area contributed by atoms with Gasteiger partial charge in [0.1, 0.15) is 24.5 Å². The molecule has 2 N–H and O–H groups in total. The minimum absolute atomic E-state index is 0.0676. The highest BCUT2D eigenvalue weighted by atomic mass is 16.5. The Morgan fingerprint density at radius 2 is 1.80 bits per heavy atom. The van der Waals surface area contributed by atoms with Crippen molar-refractivity contribution < 1.29 is 9.53 Å². The van der Waals surface area contributed by atoms with Gasteiger partial charge in [0.05, 0.1) is 17.8 Å². The van der Waals surface area contributed by atoms with Crippen LogP contribution >= 0.6 is 0 Å². The third-order valence-corrected chi connectivity index (χ3v) is 6.34. The van der Waals surface area contributed by atoms with E-state index in [4.69, 9.17) is 10.5 Å². The molecular weight excluding hydrogens is 442 g/mol. The Labute approximate surface area is 203 Å². The van der Waals surface area contributed by atoms with E-state index < -0.39 is 0 Å². The molecule has 1 saturated heterocycles. The molecule has 35 heavy (non-hydrogen) atoms. The van der Waals surface area contributed by atoms with E-state index in [2.05, 4.69) is 49.1 Å². The summed E-state index contributed by atoms with van der Waals surface area (Å²) in [6.07, 6.45) is 4.74. The quantitative estimate of drug-likeness (QED) is 0.440. The lowest BCUT2D eigenvalue weighted by atomic mass is 10.1. The number of rotatable bonds is 7. The minimum Gasteiger partial charge on any atom is -0.383 e. The number of aromatic nitrogens is 4. The van der Waals surface area contributed by atoms with Crippen LogP contribution in [0.1, 0.15) is 11.1 Å². The number of nitrogen functional groups attached to an aromatic ring is 1. The maximum absolute atomic E-state index is 13.4. The first-order chi connectivity index (χ1) is 17.1. The number of benzene rings is 2. The van der Waals surface area contributed by atoms with Crippen molar-refractivity contribution in [1.29, 1.82) is 0 Å². The molecule has 1 aliphatic rings. The molecule has 178 valence electrons. The summed E-state index contributed by atoms with van der Waals surface area (Å²) >= 11 is 0. The number of piperazine rings is 1. The van der Waals surface area contributed by atoms with Gasteiger partial charge in [0.2, 0.25) is 5.91 Å². The largest absolute Gasteiger partial charge is 0.383 e. The summed E-state index contributed by atoms with van der Waals surface area (Å²) in [6.45, 7) is 2.93. The second-order valence-electron chi connectivity index (χ2n) is 8.60. The number of methoxy groups -OCH3 is 1. The highest BCUT2D eigenvalue weighted by Gasteiger charge is 2.34. The number of amides is 1. The lowest BCUT2D eigenvalue weighted by molar-refractivity contribution is -0.145. The molecule has 1 fully saturated rings. The Hall–Kier alpha value is -3.95. The zero-order valence-electron chi connectivity index (χ0n) is 19.5. The first-order valence-electron chi connectivity index (χ1n) is 11.5. The van der Waals surface area contributed by atoms with Crippen molar-refractivity contribution in [2.24, 2.45) is 0 Å². The lowest BCUT2D eigenvalue weighted by Crippen LogP contribution is -2.57. The molecule has 0 spiro atoms. The smallest absolute Gasteiger partial charge is 0.242 e. The third-order valence-electron chi connectivity index (χ3n) is 6.34. The maximum Gasteiger partial charge on any atom is 0.242 e. The Morgan fingerprint density at radius 3 is 2.57 bits per heavy atom. The van der Waals surface area contributed by atoms with E-state index in [9.17, 15) is 4.79 Å². The molecule has 0 aliphatic carbocycles. The summed E-state index contributed by atoms with van der Waals surface area (Å²) < 4.78 is 5.43. The molecule has 4 aromatic rings. The highest BCUT2D eigenvalue weighted by molar-refractivity contribution is 5.88. The first-order valence-corrected chi connectivity index (χ1v) is 11.5. The monoisotopic (exact) mass is 469 g/mol. The Balaban J connectivity index is 1.28. The summed E-state index contributed by atoms with van der Waals surface area (Å²) in [4.78, 5) is 34.1. The van der Waals surface area contributed by atoms with Crippen molar-refractivity contribution in [1.82, 2.24) is 29.7 Å². The molecule has 1 atom stereocenters. The molecule has 5 rings (SSSR count). The van der Waals surface area contributed by atoms with E-state index in [0.29, 0.717) is 32.1 Å². The first kappa shape index (κ1) is 22.8. The van der Waals surface area contributed by atoms with Gasteiger partial charge >= 0.3 is 0 Å². The van der Waals surface area contributed by atoms with Gasteiger partial charge in [0.25, 0.3) is 0 Å². The lowest BCUT2D eigenvalue weighted by Gasteiger charge is -2.40. The molecule has 3 heterocycles. The topological polar surface area (TPSA) is 110 Å². The number of hydrogen-bond donors (Lipinski definition) is 1. The van der Waals surface area contributed by atoms with Gasteiger partial charge in [-0.05, 0) is 29.3 Å². The fraction of sp³-hybridized carbons (Fsp3) is 0.269. The molecule has 1 unspecified atom stereocenters. The maximum atomic E-state index is 13.4. The number of nitrogens with two attached hydrogens (primary N) is 1. The number of fused-ring (bicyclic) bond motifs is 1. The van der Waals surface area contributed by atoms with E-state index in [1.807, 2.05) is 29.2 Å². The third kappa shape index (κ3) is 4.96. The molecule has 9 nitrogen and oxygen atoms in total. The predicted octanol–water partition coefficient (Wildman–Crippen LogP) is 2.53. The van der Waals surface area contributed by atoms with E-state index in [1.165, 1.54) is 6.33 Å². The van der Waals surface area contributed by atoms with Crippen LogP contribution in [0.15, 0.2) is 67.4 Å². The summed E-state index contributed by atoms with van der Waals surface area (Å²) in [7, 11) is 1.63. The summed E-state index contributed by atoms with van der Waals surface area (Å²) in [5.41, 5.74) is 10.8. The number of anilines is 1. The van der Waals surface area contributed by atoms with Crippen LogP contribution in [0.5, 0.6) is 0 Å². The molecule has 0 saturated carbocycles. The predicted molar refractivity (Wildman–Crippen MR) is 133 cm³/mol. The van der Waals surface area contributed by atoms with Gasteiger partial charge in [-0.25, -0.2) is 19.9 Å². The van der Waals surface area contributed by atoms with Crippen LogP contribution in [0, 0.1) is 0 Å². The van der Waals surface area contributed by atoms with Crippen LogP contribution < -0.4 is 5.73 Å². The average molecular weight is 470 g/mol. The van der Waals surface area contributed by atoms with Crippen molar-refractivity contribution >= 4 is 22.6 Å². The molecular formula is C26H27N7O2. The highest BCUT2D eigenvalue weighted by Crippen LogP contribution is 2.23. The number of carbonyl (C=O) groups is 1. The number of hydrogen-bond acceptors (Lipinski definition) is 8. The van der Waals surface area contributed by atoms with E-state index in [0.717, 1.165) is 39.8 Å². The summed E-state index contributed by atoms with van der Waals surface area (Å²) in [5.74, 6) is 0.523. The Kier molecular flexibility index (Phi) is 6.60. The van der Waals surface area contributed by atoms with Gasteiger partial charge < -0.3 is 15.4 Å². The molecule has 1 amide bonds. The van der Waals surface area contributed by atoms with Crippen LogP contribution in [-0.2, 0) is 22.6 Å². The molecule has 2 aromatic carbocycles. The molecule has 9 heteroatoms. The van der Waals surface area contributed by atoms with Crippen molar-refractivity contribution in [2.75, 3.05) is 32.5 Å². The van der Waals surface area contributed by atoms with Crippen LogP contribution in [0.2, 0.25) is 0 Å².